The van der Waals surface area contributed by atoms with Crippen molar-refractivity contribution in [1.29, 1.82) is 0 Å². The van der Waals surface area contributed by atoms with Crippen molar-refractivity contribution in [1.82, 2.24) is 9.97 Å². The third kappa shape index (κ3) is 3.36. The number of nitrogens with zero attached hydrogens (tertiary/aromatic N) is 1. The minimum atomic E-state index is 0.142. The summed E-state index contributed by atoms with van der Waals surface area (Å²) in [7, 11) is 3.68. The predicted molar refractivity (Wildman–Crippen MR) is 82.1 cm³/mol. The van der Waals surface area contributed by atoms with Crippen LogP contribution in [0.3, 0.4) is 0 Å². The number of hydrogen-bond acceptors (Lipinski definition) is 4. The van der Waals surface area contributed by atoms with Crippen LogP contribution in [0.2, 0.25) is 0 Å². The number of thiol groups is 1. The van der Waals surface area contributed by atoms with Gasteiger partial charge in [-0.15, -0.1) is 0 Å². The normalized spacial score (nSPS) is 13.5. The maximum atomic E-state index is 4.50. The number of nitrogens with one attached hydrogen (secondary N) is 1. The molecule has 0 radical (unpaired) electrons. The highest BCUT2D eigenvalue weighted by Gasteiger charge is 2.07. The molecule has 0 aliphatic carbocycles. The maximum absolute atomic E-state index is 4.50. The van der Waals surface area contributed by atoms with E-state index in [4.69, 9.17) is 0 Å². The SMILES string of the molecule is CC(C)SSc1ccc2nc(C(C)S)[nH]c2c1. The number of rotatable bonds is 4. The summed E-state index contributed by atoms with van der Waals surface area (Å²) >= 11 is 4.39. The van der Waals surface area contributed by atoms with Gasteiger partial charge in [-0.3, -0.25) is 0 Å². The van der Waals surface area contributed by atoms with Crippen molar-refractivity contribution < 1.29 is 0 Å². The molecule has 1 heterocycles. The second kappa shape index (κ2) is 5.59. The molecule has 92 valence electrons. The van der Waals surface area contributed by atoms with Gasteiger partial charge in [-0.2, -0.15) is 12.6 Å². The molecule has 0 saturated carbocycles. The van der Waals surface area contributed by atoms with Gasteiger partial charge in [0.1, 0.15) is 5.82 Å². The molecule has 2 aromatic rings. The molecule has 0 spiro atoms. The first-order valence-electron chi connectivity index (χ1n) is 5.57. The summed E-state index contributed by atoms with van der Waals surface area (Å²) in [5.41, 5.74) is 2.11. The molecule has 0 amide bonds. The average molecular weight is 284 g/mol. The zero-order chi connectivity index (χ0) is 12.4. The summed E-state index contributed by atoms with van der Waals surface area (Å²) in [6, 6.07) is 6.34. The third-order valence-corrected chi connectivity index (χ3v) is 5.40. The molecule has 0 aliphatic rings. The Bertz CT molecular complexity index is 505. The van der Waals surface area contributed by atoms with Gasteiger partial charge in [0.2, 0.25) is 0 Å². The Labute approximate surface area is 115 Å². The molecule has 0 saturated heterocycles. The van der Waals surface area contributed by atoms with Crippen molar-refractivity contribution in [2.75, 3.05) is 0 Å². The molecule has 0 fully saturated rings. The molecule has 2 rings (SSSR count). The maximum Gasteiger partial charge on any atom is 0.119 e. The van der Waals surface area contributed by atoms with Gasteiger partial charge >= 0.3 is 0 Å². The third-order valence-electron chi connectivity index (χ3n) is 2.20. The van der Waals surface area contributed by atoms with Crippen molar-refractivity contribution in [3.05, 3.63) is 24.0 Å². The van der Waals surface area contributed by atoms with Crippen molar-refractivity contribution in [3.63, 3.8) is 0 Å². The van der Waals surface area contributed by atoms with E-state index < -0.39 is 0 Å². The molecule has 2 nitrogen and oxygen atoms in total. The van der Waals surface area contributed by atoms with Gasteiger partial charge in [0.15, 0.2) is 0 Å². The molecule has 1 unspecified atom stereocenters. The van der Waals surface area contributed by atoms with Crippen LogP contribution < -0.4 is 0 Å². The first kappa shape index (κ1) is 13.2. The topological polar surface area (TPSA) is 28.7 Å². The van der Waals surface area contributed by atoms with Gasteiger partial charge in [0.05, 0.1) is 16.3 Å². The van der Waals surface area contributed by atoms with Gasteiger partial charge in [-0.05, 0) is 25.1 Å². The van der Waals surface area contributed by atoms with Gasteiger partial charge in [-0.1, -0.05) is 35.4 Å². The predicted octanol–water partition coefficient (Wildman–Crippen LogP) is 4.70. The number of imidazole rings is 1. The molecular formula is C12H16N2S3. The Morgan fingerprint density at radius 3 is 2.71 bits per heavy atom. The van der Waals surface area contributed by atoms with Gasteiger partial charge in [0.25, 0.3) is 0 Å². The number of H-pyrrole nitrogens is 1. The number of aromatic amines is 1. The van der Waals surface area contributed by atoms with E-state index in [9.17, 15) is 0 Å². The molecule has 5 heteroatoms. The minimum Gasteiger partial charge on any atom is -0.341 e. The lowest BCUT2D eigenvalue weighted by Gasteiger charge is -2.03. The van der Waals surface area contributed by atoms with Crippen LogP contribution in [0, 0.1) is 0 Å². The van der Waals surface area contributed by atoms with E-state index in [0.717, 1.165) is 16.9 Å². The zero-order valence-corrected chi connectivity index (χ0v) is 12.6. The summed E-state index contributed by atoms with van der Waals surface area (Å²) in [6.45, 7) is 6.42. The van der Waals surface area contributed by atoms with Crippen molar-refractivity contribution in [3.8, 4) is 0 Å². The minimum absolute atomic E-state index is 0.142. The lowest BCUT2D eigenvalue weighted by molar-refractivity contribution is 0.981. The van der Waals surface area contributed by atoms with Crippen LogP contribution in [-0.2, 0) is 0 Å². The van der Waals surface area contributed by atoms with Gasteiger partial charge in [0, 0.05) is 10.1 Å². The highest BCUT2D eigenvalue weighted by atomic mass is 33.1. The second-order valence-corrected chi connectivity index (χ2v) is 7.83. The quantitative estimate of drug-likeness (QED) is 0.629. The first-order chi connectivity index (χ1) is 8.06. The molecule has 17 heavy (non-hydrogen) atoms. The fourth-order valence-corrected chi connectivity index (χ4v) is 3.35. The Hall–Kier alpha value is -0.260. The Morgan fingerprint density at radius 2 is 2.06 bits per heavy atom. The van der Waals surface area contributed by atoms with Crippen molar-refractivity contribution >= 4 is 45.2 Å². The largest absolute Gasteiger partial charge is 0.341 e. The van der Waals surface area contributed by atoms with E-state index in [0.29, 0.717) is 5.25 Å². The van der Waals surface area contributed by atoms with Crippen LogP contribution in [0.25, 0.3) is 11.0 Å². The lowest BCUT2D eigenvalue weighted by atomic mass is 10.3. The molecule has 0 aliphatic heterocycles. The summed E-state index contributed by atoms with van der Waals surface area (Å²) in [5.74, 6) is 0.932. The van der Waals surface area contributed by atoms with Crippen LogP contribution in [-0.4, -0.2) is 15.2 Å². The average Bonchev–Trinajstić information content (AvgIpc) is 2.69. The number of aromatic nitrogens is 2. The molecule has 0 bridgehead atoms. The fraction of sp³-hybridized carbons (Fsp3) is 0.417. The van der Waals surface area contributed by atoms with Crippen molar-refractivity contribution in [2.24, 2.45) is 0 Å². The summed E-state index contributed by atoms with van der Waals surface area (Å²) in [5, 5.41) is 0.772. The molecule has 1 N–H and O–H groups in total. The van der Waals surface area contributed by atoms with E-state index in [1.165, 1.54) is 4.90 Å². The van der Waals surface area contributed by atoms with E-state index in [2.05, 4.69) is 54.6 Å². The smallest absolute Gasteiger partial charge is 0.119 e. The Morgan fingerprint density at radius 1 is 1.29 bits per heavy atom. The standard InChI is InChI=1S/C12H16N2S3/c1-7(2)16-17-9-4-5-10-11(6-9)14-12(13-10)8(3)15/h4-8,15H,1-3H3,(H,13,14). The van der Waals surface area contributed by atoms with E-state index in [1.54, 1.807) is 0 Å². The molecular weight excluding hydrogens is 268 g/mol. The Balaban J connectivity index is 2.24. The summed E-state index contributed by atoms with van der Waals surface area (Å²) in [4.78, 5) is 9.08. The fourth-order valence-electron chi connectivity index (χ4n) is 1.41. The van der Waals surface area contributed by atoms with Crippen LogP contribution >= 0.6 is 34.2 Å². The van der Waals surface area contributed by atoms with Crippen LogP contribution in [0.15, 0.2) is 23.1 Å². The van der Waals surface area contributed by atoms with E-state index in [-0.39, 0.29) is 5.25 Å². The lowest BCUT2D eigenvalue weighted by Crippen LogP contribution is -1.85. The zero-order valence-electron chi connectivity index (χ0n) is 10.1. The monoisotopic (exact) mass is 284 g/mol. The van der Waals surface area contributed by atoms with Gasteiger partial charge < -0.3 is 4.98 Å². The van der Waals surface area contributed by atoms with E-state index in [1.807, 2.05) is 28.5 Å². The summed E-state index contributed by atoms with van der Waals surface area (Å²) < 4.78 is 0. The van der Waals surface area contributed by atoms with Crippen LogP contribution in [0.4, 0.5) is 0 Å². The van der Waals surface area contributed by atoms with Gasteiger partial charge in [-0.25, -0.2) is 4.98 Å². The van der Waals surface area contributed by atoms with Crippen molar-refractivity contribution in [2.45, 2.75) is 36.2 Å². The number of benzene rings is 1. The summed E-state index contributed by atoms with van der Waals surface area (Å²) in [6.07, 6.45) is 0. The highest BCUT2D eigenvalue weighted by Crippen LogP contribution is 2.35. The number of hydrogen-bond donors (Lipinski definition) is 2. The number of fused-ring (bicyclic) bond motifs is 1. The highest BCUT2D eigenvalue weighted by molar-refractivity contribution is 8.76. The first-order valence-corrected chi connectivity index (χ1v) is 8.30. The molecule has 1 atom stereocenters. The van der Waals surface area contributed by atoms with Crippen LogP contribution in [0.1, 0.15) is 31.8 Å². The molecule has 1 aromatic heterocycles. The Kier molecular flexibility index (Phi) is 4.33. The van der Waals surface area contributed by atoms with Crippen LogP contribution in [0.5, 0.6) is 0 Å². The second-order valence-electron chi connectivity index (χ2n) is 4.21. The van der Waals surface area contributed by atoms with E-state index >= 15 is 0 Å². The molecule has 1 aromatic carbocycles.